The topological polar surface area (TPSA) is 183 Å². The number of nitrogens with zero attached hydrogens (tertiary/aromatic N) is 5. The van der Waals surface area contributed by atoms with Gasteiger partial charge in [-0.25, -0.2) is 13.4 Å². The molecule has 4 amide bonds. The number of piperidine rings is 3. The van der Waals surface area contributed by atoms with Crippen LogP contribution in [0, 0.1) is 6.92 Å². The Kier molecular flexibility index (Phi) is 12.5. The first-order valence-corrected chi connectivity index (χ1v) is 23.6. The van der Waals surface area contributed by atoms with Crippen molar-refractivity contribution in [2.45, 2.75) is 107 Å². The number of carbonyl (C=O) groups is 4. The van der Waals surface area contributed by atoms with Gasteiger partial charge in [0.15, 0.2) is 15.7 Å². The summed E-state index contributed by atoms with van der Waals surface area (Å²) in [5.41, 5.74) is 4.76. The number of fused-ring (bicyclic) bond motifs is 1. The predicted octanol–water partition coefficient (Wildman–Crippen LogP) is 7.14. The summed E-state index contributed by atoms with van der Waals surface area (Å²) in [5, 5.41) is 8.33. The van der Waals surface area contributed by atoms with E-state index in [-0.39, 0.29) is 40.6 Å². The summed E-state index contributed by atoms with van der Waals surface area (Å²) in [6, 6.07) is 15.6. The zero-order valence-electron chi connectivity index (χ0n) is 36.1. The molecule has 1 unspecified atom stereocenters. The fourth-order valence-electron chi connectivity index (χ4n) is 9.24. The molecule has 0 radical (unpaired) electrons. The molecule has 0 aliphatic carbocycles. The monoisotopic (exact) mass is 896 g/mol. The summed E-state index contributed by atoms with van der Waals surface area (Å²) in [6.07, 6.45) is 5.35. The van der Waals surface area contributed by atoms with E-state index in [1.165, 1.54) is 11.8 Å². The lowest BCUT2D eigenvalue weighted by atomic mass is 9.85. The lowest BCUT2D eigenvalue weighted by Gasteiger charge is -2.43. The maximum absolute atomic E-state index is 13.8. The van der Waals surface area contributed by atoms with Crippen LogP contribution in [0.5, 0.6) is 5.75 Å². The number of halogens is 1. The molecule has 63 heavy (non-hydrogen) atoms. The fraction of sp³-hybridized carbons (Fsp3) is 0.435. The number of para-hydroxylation sites is 1. The number of hydrogen-bond acceptors (Lipinski definition) is 13. The molecule has 4 aliphatic rings. The van der Waals surface area contributed by atoms with E-state index in [9.17, 15) is 27.6 Å². The third-order valence-electron chi connectivity index (χ3n) is 12.5. The molecule has 0 saturated carbocycles. The summed E-state index contributed by atoms with van der Waals surface area (Å²) in [7, 11) is -3.59. The van der Waals surface area contributed by atoms with Crippen LogP contribution >= 0.6 is 11.6 Å². The summed E-state index contributed by atoms with van der Waals surface area (Å²) in [6.45, 7) is 12.7. The molecule has 0 spiro atoms. The van der Waals surface area contributed by atoms with Crippen molar-refractivity contribution in [2.75, 3.05) is 41.7 Å². The summed E-state index contributed by atoms with van der Waals surface area (Å²) in [5.74, 6) is -0.464. The molecular formula is C46H53ClN8O7S. The van der Waals surface area contributed by atoms with Crippen LogP contribution in [0.2, 0.25) is 5.02 Å². The number of ether oxygens (including phenoxy) is 1. The molecule has 4 aromatic rings. The number of imide groups is 2. The van der Waals surface area contributed by atoms with Crippen LogP contribution in [0.4, 0.5) is 28.8 Å². The number of likely N-dealkylation sites (tertiary alicyclic amines) is 1. The maximum atomic E-state index is 13.8. The predicted molar refractivity (Wildman–Crippen MR) is 241 cm³/mol. The second-order valence-electron chi connectivity index (χ2n) is 17.3. The number of sulfone groups is 1. The molecule has 3 N–H and O–H groups in total. The number of amides is 4. The SMILES string of the molecule is Cc1cc(Nc2ncc(Cl)c(Nc3ccccc3S(=O)(=O)C(C)C)n2)c(OC(C)C)cc1C1CCN(C2CCN(c3cccc4c3C(=O)N(C3CCC(=O)NC3=O)C4=O)CC2)CC1. The second kappa shape index (κ2) is 17.9. The Morgan fingerprint density at radius 1 is 0.857 bits per heavy atom. The minimum atomic E-state index is -3.59. The Balaban J connectivity index is 0.916. The molecule has 3 aromatic carbocycles. The number of aromatic nitrogens is 2. The van der Waals surface area contributed by atoms with Crippen LogP contribution in [0.25, 0.3) is 0 Å². The van der Waals surface area contributed by atoms with E-state index in [2.05, 4.69) is 54.8 Å². The molecule has 3 fully saturated rings. The summed E-state index contributed by atoms with van der Waals surface area (Å²) in [4.78, 5) is 66.6. The van der Waals surface area contributed by atoms with Gasteiger partial charge >= 0.3 is 0 Å². The largest absolute Gasteiger partial charge is 0.489 e. The van der Waals surface area contributed by atoms with Crippen molar-refractivity contribution in [3.8, 4) is 5.75 Å². The number of anilines is 5. The highest BCUT2D eigenvalue weighted by molar-refractivity contribution is 7.92. The van der Waals surface area contributed by atoms with Crippen molar-refractivity contribution in [3.63, 3.8) is 0 Å². The first-order valence-electron chi connectivity index (χ1n) is 21.6. The van der Waals surface area contributed by atoms with Crippen molar-refractivity contribution in [3.05, 3.63) is 88.1 Å². The Bertz CT molecular complexity index is 2570. The molecule has 8 rings (SSSR count). The zero-order valence-corrected chi connectivity index (χ0v) is 37.7. The smallest absolute Gasteiger partial charge is 0.264 e. The van der Waals surface area contributed by atoms with E-state index in [0.717, 1.165) is 62.3 Å². The van der Waals surface area contributed by atoms with Crippen LogP contribution in [0.3, 0.4) is 0 Å². The molecule has 0 bridgehead atoms. The highest BCUT2D eigenvalue weighted by Gasteiger charge is 2.46. The Hall–Kier alpha value is -5.58. The molecule has 1 aromatic heterocycles. The lowest BCUT2D eigenvalue weighted by molar-refractivity contribution is -0.136. The summed E-state index contributed by atoms with van der Waals surface area (Å²) >= 11 is 6.53. The normalized spacial score (nSPS) is 19.2. The van der Waals surface area contributed by atoms with E-state index in [0.29, 0.717) is 45.9 Å². The van der Waals surface area contributed by atoms with Crippen LogP contribution in [-0.2, 0) is 19.4 Å². The number of hydrogen-bond donors (Lipinski definition) is 3. The van der Waals surface area contributed by atoms with Crippen LogP contribution in [-0.4, -0.2) is 101 Å². The Morgan fingerprint density at radius 2 is 1.59 bits per heavy atom. The zero-order chi connectivity index (χ0) is 44.7. The van der Waals surface area contributed by atoms with Gasteiger partial charge in [-0.2, -0.15) is 4.98 Å². The number of rotatable bonds is 12. The van der Waals surface area contributed by atoms with Gasteiger partial charge < -0.3 is 25.2 Å². The van der Waals surface area contributed by atoms with Gasteiger partial charge in [-0.15, -0.1) is 0 Å². The molecular weight excluding hydrogens is 844 g/mol. The standard InChI is InChI=1S/C46H53ClN8O7S/c1-26(2)62-38-24-32(28(5)23-35(38)50-46-48-25-33(47)42(52-46)49-34-10-6-7-12-39(34)63(60,61)27(3)4)29-15-19-53(20-16-29)30-17-21-54(22-18-30)36-11-8-9-31-41(36)45(59)55(44(31)58)37-13-14-40(56)51-43(37)57/h6-12,23-27,29-30,37H,13-22H2,1-5H3,(H,51,56,57)(H2,48,49,50,52). The maximum Gasteiger partial charge on any atom is 0.264 e. The minimum absolute atomic E-state index is 0.0780. The number of benzene rings is 3. The Morgan fingerprint density at radius 3 is 2.29 bits per heavy atom. The molecule has 3 saturated heterocycles. The van der Waals surface area contributed by atoms with Gasteiger partial charge in [0, 0.05) is 25.6 Å². The molecule has 1 atom stereocenters. The third-order valence-corrected chi connectivity index (χ3v) is 15.0. The molecule has 15 nitrogen and oxygen atoms in total. The first-order chi connectivity index (χ1) is 30.1. The Labute approximate surface area is 372 Å². The highest BCUT2D eigenvalue weighted by atomic mass is 35.5. The van der Waals surface area contributed by atoms with E-state index >= 15 is 0 Å². The van der Waals surface area contributed by atoms with E-state index in [4.69, 9.17) is 16.3 Å². The van der Waals surface area contributed by atoms with Crippen LogP contribution < -0.4 is 25.6 Å². The van der Waals surface area contributed by atoms with E-state index in [1.807, 2.05) is 19.9 Å². The quantitative estimate of drug-likeness (QED) is 0.122. The van der Waals surface area contributed by atoms with Crippen LogP contribution in [0.1, 0.15) is 104 Å². The van der Waals surface area contributed by atoms with Gasteiger partial charge in [-0.05, 0) is 133 Å². The van der Waals surface area contributed by atoms with Gasteiger partial charge in [-0.1, -0.05) is 29.8 Å². The molecule has 332 valence electrons. The second-order valence-corrected chi connectivity index (χ2v) is 20.2. The van der Waals surface area contributed by atoms with Crippen molar-refractivity contribution in [1.29, 1.82) is 0 Å². The molecule has 4 aliphatic heterocycles. The molecule has 5 heterocycles. The fourth-order valence-corrected chi connectivity index (χ4v) is 10.6. The minimum Gasteiger partial charge on any atom is -0.489 e. The van der Waals surface area contributed by atoms with Gasteiger partial charge in [0.2, 0.25) is 17.8 Å². The van der Waals surface area contributed by atoms with Crippen molar-refractivity contribution in [2.24, 2.45) is 0 Å². The van der Waals surface area contributed by atoms with Crippen molar-refractivity contribution in [1.82, 2.24) is 25.1 Å². The summed E-state index contributed by atoms with van der Waals surface area (Å²) < 4.78 is 32.6. The van der Waals surface area contributed by atoms with Gasteiger partial charge in [0.1, 0.15) is 16.8 Å². The van der Waals surface area contributed by atoms with Gasteiger partial charge in [0.05, 0.1) is 50.6 Å². The van der Waals surface area contributed by atoms with Crippen LogP contribution in [0.15, 0.2) is 65.7 Å². The average Bonchev–Trinajstić information content (AvgIpc) is 3.51. The van der Waals surface area contributed by atoms with Crippen molar-refractivity contribution < 1.29 is 32.3 Å². The van der Waals surface area contributed by atoms with E-state index < -0.39 is 44.8 Å². The van der Waals surface area contributed by atoms with Gasteiger partial charge in [0.25, 0.3) is 11.8 Å². The van der Waals surface area contributed by atoms with Crippen molar-refractivity contribution >= 4 is 73.9 Å². The van der Waals surface area contributed by atoms with E-state index in [1.54, 1.807) is 50.2 Å². The number of nitrogens with one attached hydrogen (secondary N) is 3. The van der Waals surface area contributed by atoms with Gasteiger partial charge in [-0.3, -0.25) is 29.4 Å². The molecule has 17 heteroatoms. The average molecular weight is 897 g/mol. The number of carbonyl (C=O) groups excluding carboxylic acids is 4. The lowest BCUT2D eigenvalue weighted by Crippen LogP contribution is -2.54. The number of aryl methyl sites for hydroxylation is 1. The highest BCUT2D eigenvalue weighted by Crippen LogP contribution is 2.40. The first kappa shape index (κ1) is 44.0. The third kappa shape index (κ3) is 8.85.